The van der Waals surface area contributed by atoms with Gasteiger partial charge in [-0.15, -0.1) is 0 Å². The lowest BCUT2D eigenvalue weighted by Crippen LogP contribution is -2.55. The van der Waals surface area contributed by atoms with Gasteiger partial charge in [-0.2, -0.15) is 0 Å². The number of ether oxygens (including phenoxy) is 2. The zero-order chi connectivity index (χ0) is 12.9. The Bertz CT molecular complexity index is 275. The normalized spacial score (nSPS) is 20.9. The molecule has 98 valence electrons. The van der Waals surface area contributed by atoms with Crippen molar-refractivity contribution in [3.8, 4) is 0 Å². The summed E-state index contributed by atoms with van der Waals surface area (Å²) in [6.07, 6.45) is -0.324. The van der Waals surface area contributed by atoms with Gasteiger partial charge in [-0.25, -0.2) is 4.79 Å². The van der Waals surface area contributed by atoms with Crippen LogP contribution < -0.4 is 5.32 Å². The van der Waals surface area contributed by atoms with Crippen molar-refractivity contribution >= 4 is 12.6 Å². The molecule has 0 radical (unpaired) electrons. The van der Waals surface area contributed by atoms with Crippen molar-refractivity contribution in [3.05, 3.63) is 0 Å². The van der Waals surface area contributed by atoms with Crippen molar-refractivity contribution in [1.29, 1.82) is 0 Å². The molecule has 0 aromatic heterocycles. The summed E-state index contributed by atoms with van der Waals surface area (Å²) in [5, 5.41) is 3.17. The van der Waals surface area contributed by atoms with E-state index in [0.717, 1.165) is 0 Å². The maximum Gasteiger partial charge on any atom is 0.410 e. The van der Waals surface area contributed by atoms with Gasteiger partial charge in [-0.05, 0) is 20.8 Å². The van der Waals surface area contributed by atoms with Gasteiger partial charge in [0.25, 0.3) is 6.47 Å². The van der Waals surface area contributed by atoms with E-state index < -0.39 is 5.60 Å². The maximum atomic E-state index is 11.8. The van der Waals surface area contributed by atoms with Crippen molar-refractivity contribution in [2.24, 2.45) is 0 Å². The van der Waals surface area contributed by atoms with Crippen LogP contribution in [0, 0.1) is 0 Å². The molecule has 1 atom stereocenters. The van der Waals surface area contributed by atoms with Crippen molar-refractivity contribution in [2.45, 2.75) is 32.4 Å². The lowest BCUT2D eigenvalue weighted by Gasteiger charge is -2.34. The predicted octanol–water partition coefficient (Wildman–Crippen LogP) is 0.368. The summed E-state index contributed by atoms with van der Waals surface area (Å²) in [4.78, 5) is 23.5. The Morgan fingerprint density at radius 1 is 1.53 bits per heavy atom. The Morgan fingerprint density at radius 3 is 2.82 bits per heavy atom. The molecule has 0 spiro atoms. The largest absolute Gasteiger partial charge is 0.466 e. The van der Waals surface area contributed by atoms with Crippen LogP contribution in [0.2, 0.25) is 0 Å². The lowest BCUT2D eigenvalue weighted by atomic mass is 10.2. The molecule has 1 aliphatic rings. The Labute approximate surface area is 101 Å². The highest BCUT2D eigenvalue weighted by molar-refractivity contribution is 5.68. The molecule has 0 aromatic carbocycles. The number of hydrogen-bond donors (Lipinski definition) is 1. The first-order valence-corrected chi connectivity index (χ1v) is 5.69. The van der Waals surface area contributed by atoms with Gasteiger partial charge in [0.15, 0.2) is 0 Å². The van der Waals surface area contributed by atoms with Crippen molar-refractivity contribution < 1.29 is 19.1 Å². The second-order valence-corrected chi connectivity index (χ2v) is 5.01. The van der Waals surface area contributed by atoms with Crippen LogP contribution in [0.25, 0.3) is 0 Å². The molecule has 6 nitrogen and oxygen atoms in total. The maximum absolute atomic E-state index is 11.8. The molecule has 0 aliphatic carbocycles. The van der Waals surface area contributed by atoms with Crippen LogP contribution in [0.4, 0.5) is 4.79 Å². The van der Waals surface area contributed by atoms with Crippen molar-refractivity contribution in [1.82, 2.24) is 10.2 Å². The second-order valence-electron chi connectivity index (χ2n) is 5.01. The minimum atomic E-state index is -0.489. The van der Waals surface area contributed by atoms with E-state index in [1.165, 1.54) is 0 Å². The fraction of sp³-hybridized carbons (Fsp3) is 0.818. The van der Waals surface area contributed by atoms with Gasteiger partial charge >= 0.3 is 6.09 Å². The minimum Gasteiger partial charge on any atom is -0.466 e. The first-order chi connectivity index (χ1) is 7.92. The molecular formula is C11H20N2O4. The van der Waals surface area contributed by atoms with E-state index in [0.29, 0.717) is 26.1 Å². The van der Waals surface area contributed by atoms with Gasteiger partial charge in [0.05, 0.1) is 6.04 Å². The van der Waals surface area contributed by atoms with E-state index in [1.54, 1.807) is 4.90 Å². The summed E-state index contributed by atoms with van der Waals surface area (Å²) in [6.45, 7) is 7.94. The Hall–Kier alpha value is -1.30. The van der Waals surface area contributed by atoms with E-state index >= 15 is 0 Å². The second kappa shape index (κ2) is 5.86. The van der Waals surface area contributed by atoms with Gasteiger partial charge in [0.2, 0.25) is 0 Å². The molecule has 1 aliphatic heterocycles. The predicted molar refractivity (Wildman–Crippen MR) is 61.6 cm³/mol. The van der Waals surface area contributed by atoms with Gasteiger partial charge in [-0.3, -0.25) is 4.79 Å². The fourth-order valence-electron chi connectivity index (χ4n) is 1.58. The first-order valence-electron chi connectivity index (χ1n) is 5.69. The molecule has 1 fully saturated rings. The topological polar surface area (TPSA) is 67.9 Å². The van der Waals surface area contributed by atoms with Gasteiger partial charge < -0.3 is 19.7 Å². The smallest absolute Gasteiger partial charge is 0.410 e. The van der Waals surface area contributed by atoms with Crippen LogP contribution in [0.1, 0.15) is 20.8 Å². The summed E-state index contributed by atoms with van der Waals surface area (Å²) in [7, 11) is 0. The number of piperazine rings is 1. The molecule has 0 bridgehead atoms. The van der Waals surface area contributed by atoms with Crippen molar-refractivity contribution in [3.63, 3.8) is 0 Å². The van der Waals surface area contributed by atoms with E-state index in [1.807, 2.05) is 20.8 Å². The Morgan fingerprint density at radius 2 is 2.24 bits per heavy atom. The molecule has 1 heterocycles. The number of nitrogens with one attached hydrogen (secondary N) is 1. The molecular weight excluding hydrogens is 224 g/mol. The number of carbonyl (C=O) groups is 2. The molecule has 1 N–H and O–H groups in total. The van der Waals surface area contributed by atoms with Crippen LogP contribution in [0.3, 0.4) is 0 Å². The Kier molecular flexibility index (Phi) is 4.74. The Balaban J connectivity index is 2.43. The number of hydrogen-bond acceptors (Lipinski definition) is 5. The van der Waals surface area contributed by atoms with E-state index in [-0.39, 0.29) is 18.7 Å². The third kappa shape index (κ3) is 5.04. The molecule has 0 aromatic rings. The standard InChI is InChI=1S/C11H20N2O4/c1-11(2,3)17-10(15)13-5-4-12-9(6-13)7-16-8-14/h8-9,12H,4-7H2,1-3H3. The van der Waals surface area contributed by atoms with E-state index in [2.05, 4.69) is 10.1 Å². The molecule has 0 saturated carbocycles. The number of nitrogens with zero attached hydrogens (tertiary/aromatic N) is 1. The van der Waals surface area contributed by atoms with E-state index in [9.17, 15) is 9.59 Å². The summed E-state index contributed by atoms with van der Waals surface area (Å²) < 4.78 is 9.96. The summed E-state index contributed by atoms with van der Waals surface area (Å²) in [6, 6.07) is -0.0264. The molecule has 1 amide bonds. The lowest BCUT2D eigenvalue weighted by molar-refractivity contribution is -0.129. The zero-order valence-corrected chi connectivity index (χ0v) is 10.6. The average molecular weight is 244 g/mol. The third-order valence-electron chi connectivity index (χ3n) is 2.27. The van der Waals surface area contributed by atoms with Crippen LogP contribution in [-0.4, -0.2) is 55.3 Å². The highest BCUT2D eigenvalue weighted by Gasteiger charge is 2.27. The summed E-state index contributed by atoms with van der Waals surface area (Å²) in [5.74, 6) is 0. The molecule has 1 unspecified atom stereocenters. The molecule has 1 saturated heterocycles. The van der Waals surface area contributed by atoms with Gasteiger partial charge in [0, 0.05) is 19.6 Å². The zero-order valence-electron chi connectivity index (χ0n) is 10.6. The first kappa shape index (κ1) is 13.8. The summed E-state index contributed by atoms with van der Waals surface area (Å²) >= 11 is 0. The minimum absolute atomic E-state index is 0.0264. The van der Waals surface area contributed by atoms with Crippen molar-refractivity contribution in [2.75, 3.05) is 26.2 Å². The number of carbonyl (C=O) groups excluding carboxylic acids is 2. The monoisotopic (exact) mass is 244 g/mol. The van der Waals surface area contributed by atoms with Crippen LogP contribution >= 0.6 is 0 Å². The number of rotatable bonds is 3. The van der Waals surface area contributed by atoms with Gasteiger partial charge in [-0.1, -0.05) is 0 Å². The number of amides is 1. The molecule has 17 heavy (non-hydrogen) atoms. The molecule has 6 heteroatoms. The molecule has 1 rings (SSSR count). The van der Waals surface area contributed by atoms with Gasteiger partial charge in [0.1, 0.15) is 12.2 Å². The SMILES string of the molecule is CC(C)(C)OC(=O)N1CCNC(COC=O)C1. The van der Waals surface area contributed by atoms with Crippen LogP contribution in [0.15, 0.2) is 0 Å². The quantitative estimate of drug-likeness (QED) is 0.726. The highest BCUT2D eigenvalue weighted by Crippen LogP contribution is 2.11. The van der Waals surface area contributed by atoms with Crippen LogP contribution in [-0.2, 0) is 14.3 Å². The fourth-order valence-corrected chi connectivity index (χ4v) is 1.58. The van der Waals surface area contributed by atoms with E-state index in [4.69, 9.17) is 4.74 Å². The summed E-state index contributed by atoms with van der Waals surface area (Å²) in [5.41, 5.74) is -0.489. The van der Waals surface area contributed by atoms with Crippen LogP contribution in [0.5, 0.6) is 0 Å². The highest BCUT2D eigenvalue weighted by atomic mass is 16.6. The third-order valence-corrected chi connectivity index (χ3v) is 2.27. The average Bonchev–Trinajstić information content (AvgIpc) is 2.24.